The van der Waals surface area contributed by atoms with Gasteiger partial charge < -0.3 is 19.5 Å². The standard InChI is InChI=1S/C33H43BrN2O5/c1-33(2,3)26-28(32(38)39)36(31(37)21-11-6-5-7-12-21)27(24-15-8-9-16-25(24)34)29(26)41-19-23-17-22(20-13-10-14-20)18-35-30(23)40-4/h8-9,15-18,20-21,26-29H,5-7,10-14,19H2,1-4H3,(H,38,39)/t26-,27+,28+,29+/m1/s1. The summed E-state index contributed by atoms with van der Waals surface area (Å²) in [5, 5.41) is 10.7. The van der Waals surface area contributed by atoms with Crippen LogP contribution in [0.2, 0.25) is 0 Å². The Morgan fingerprint density at radius 3 is 2.37 bits per heavy atom. The van der Waals surface area contributed by atoms with E-state index < -0.39 is 35.5 Å². The summed E-state index contributed by atoms with van der Waals surface area (Å²) in [5.41, 5.74) is 2.45. The zero-order valence-electron chi connectivity index (χ0n) is 24.6. The summed E-state index contributed by atoms with van der Waals surface area (Å²) in [4.78, 5) is 33.7. The van der Waals surface area contributed by atoms with Gasteiger partial charge in [0.25, 0.3) is 0 Å². The van der Waals surface area contributed by atoms with Crippen LogP contribution < -0.4 is 4.74 Å². The number of methoxy groups -OCH3 is 1. The molecule has 3 aliphatic rings. The number of aromatic nitrogens is 1. The highest BCUT2D eigenvalue weighted by molar-refractivity contribution is 9.10. The molecule has 1 aliphatic heterocycles. The number of benzene rings is 1. The number of ether oxygens (including phenoxy) is 2. The number of halogens is 1. The third-order valence-corrected chi connectivity index (χ3v) is 10.2. The lowest BCUT2D eigenvalue weighted by Gasteiger charge is -2.35. The van der Waals surface area contributed by atoms with Crippen LogP contribution in [0.15, 0.2) is 41.0 Å². The van der Waals surface area contributed by atoms with Crippen LogP contribution in [-0.4, -0.2) is 46.1 Å². The van der Waals surface area contributed by atoms with Crippen LogP contribution in [0, 0.1) is 17.3 Å². The van der Waals surface area contributed by atoms with E-state index in [1.54, 1.807) is 12.0 Å². The molecule has 222 valence electrons. The van der Waals surface area contributed by atoms with Gasteiger partial charge in [-0.25, -0.2) is 9.78 Å². The Morgan fingerprint density at radius 2 is 1.78 bits per heavy atom. The van der Waals surface area contributed by atoms with E-state index in [2.05, 4.69) is 47.8 Å². The largest absolute Gasteiger partial charge is 0.481 e. The van der Waals surface area contributed by atoms with Crippen molar-refractivity contribution in [1.29, 1.82) is 0 Å². The van der Waals surface area contributed by atoms with E-state index in [1.165, 1.54) is 12.0 Å². The summed E-state index contributed by atoms with van der Waals surface area (Å²) in [6.07, 6.45) is 9.59. The van der Waals surface area contributed by atoms with Crippen molar-refractivity contribution in [2.24, 2.45) is 17.3 Å². The van der Waals surface area contributed by atoms with E-state index >= 15 is 0 Å². The maximum absolute atomic E-state index is 14.3. The normalized spacial score (nSPS) is 25.6. The van der Waals surface area contributed by atoms with E-state index in [0.717, 1.165) is 60.5 Å². The molecule has 7 nitrogen and oxygen atoms in total. The molecule has 1 amide bonds. The van der Waals surface area contributed by atoms with E-state index in [0.29, 0.717) is 11.8 Å². The van der Waals surface area contributed by atoms with Crippen LogP contribution >= 0.6 is 15.9 Å². The third-order valence-electron chi connectivity index (χ3n) is 9.44. The molecule has 8 heteroatoms. The molecule has 2 saturated carbocycles. The zero-order chi connectivity index (χ0) is 29.3. The van der Waals surface area contributed by atoms with Crippen LogP contribution in [-0.2, 0) is 20.9 Å². The highest BCUT2D eigenvalue weighted by atomic mass is 79.9. The number of carbonyl (C=O) groups is 2. The van der Waals surface area contributed by atoms with Gasteiger partial charge in [0.2, 0.25) is 11.8 Å². The summed E-state index contributed by atoms with van der Waals surface area (Å²) in [5.74, 6) is -0.639. The molecule has 3 fully saturated rings. The second kappa shape index (κ2) is 12.4. The van der Waals surface area contributed by atoms with Crippen LogP contribution in [0.4, 0.5) is 0 Å². The van der Waals surface area contributed by atoms with Crippen molar-refractivity contribution in [3.63, 3.8) is 0 Å². The van der Waals surface area contributed by atoms with Gasteiger partial charge >= 0.3 is 5.97 Å². The molecular weight excluding hydrogens is 584 g/mol. The van der Waals surface area contributed by atoms with E-state index in [-0.39, 0.29) is 18.4 Å². The minimum Gasteiger partial charge on any atom is -0.481 e. The van der Waals surface area contributed by atoms with Crippen LogP contribution in [0.25, 0.3) is 0 Å². The monoisotopic (exact) mass is 626 g/mol. The average Bonchev–Trinajstić information content (AvgIpc) is 3.27. The van der Waals surface area contributed by atoms with E-state index in [1.807, 2.05) is 30.5 Å². The number of carboxylic acid groups (broad SMARTS) is 1. The molecule has 5 rings (SSSR count). The Hall–Kier alpha value is -2.45. The molecule has 1 aromatic carbocycles. The second-order valence-corrected chi connectivity index (χ2v) is 13.9. The topological polar surface area (TPSA) is 89.0 Å². The SMILES string of the molecule is COc1ncc(C2CCC2)cc1CO[C@H]1[C@H](C(C)(C)C)[C@@H](C(=O)O)N(C(=O)C2CCCCC2)[C@H]1c1ccccc1Br. The molecular formula is C33H43BrN2O5. The molecule has 1 aromatic heterocycles. The van der Waals surface area contributed by atoms with Crippen molar-refractivity contribution in [3.8, 4) is 5.88 Å². The third kappa shape index (κ3) is 6.05. The quantitative estimate of drug-likeness (QED) is 0.331. The summed E-state index contributed by atoms with van der Waals surface area (Å²) in [6.45, 7) is 6.37. The zero-order valence-corrected chi connectivity index (χ0v) is 26.2. The molecule has 0 unspecified atom stereocenters. The van der Waals surface area contributed by atoms with Gasteiger partial charge in [0, 0.05) is 28.1 Å². The predicted molar refractivity (Wildman–Crippen MR) is 161 cm³/mol. The number of likely N-dealkylation sites (tertiary alicyclic amines) is 1. The summed E-state index contributed by atoms with van der Waals surface area (Å²) < 4.78 is 13.3. The molecule has 0 radical (unpaired) electrons. The molecule has 0 spiro atoms. The molecule has 1 saturated heterocycles. The fraction of sp³-hybridized carbons (Fsp3) is 0.606. The number of hydrogen-bond acceptors (Lipinski definition) is 5. The summed E-state index contributed by atoms with van der Waals surface area (Å²) in [7, 11) is 1.61. The maximum atomic E-state index is 14.3. The Labute approximate surface area is 252 Å². The number of pyridine rings is 1. The van der Waals surface area contributed by atoms with Crippen molar-refractivity contribution in [3.05, 3.63) is 57.7 Å². The number of rotatable bonds is 8. The smallest absolute Gasteiger partial charge is 0.326 e. The van der Waals surface area contributed by atoms with E-state index in [9.17, 15) is 14.7 Å². The fourth-order valence-electron chi connectivity index (χ4n) is 7.14. The first kappa shape index (κ1) is 30.0. The van der Waals surface area contributed by atoms with Gasteiger partial charge in [-0.05, 0) is 60.3 Å². The molecule has 41 heavy (non-hydrogen) atoms. The Balaban J connectivity index is 1.58. The average molecular weight is 628 g/mol. The molecule has 2 aromatic rings. The molecule has 2 heterocycles. The minimum absolute atomic E-state index is 0.0653. The second-order valence-electron chi connectivity index (χ2n) is 13.1. The highest BCUT2D eigenvalue weighted by Crippen LogP contribution is 2.52. The van der Waals surface area contributed by atoms with Crippen LogP contribution in [0.1, 0.15) is 101 Å². The van der Waals surface area contributed by atoms with Crippen molar-refractivity contribution in [2.45, 2.75) is 103 Å². The van der Waals surface area contributed by atoms with Gasteiger partial charge in [0.1, 0.15) is 6.04 Å². The van der Waals surface area contributed by atoms with Gasteiger partial charge in [-0.3, -0.25) is 4.79 Å². The number of aliphatic carboxylic acids is 1. The fourth-order valence-corrected chi connectivity index (χ4v) is 7.66. The Morgan fingerprint density at radius 1 is 1.07 bits per heavy atom. The molecule has 2 aliphatic carbocycles. The van der Waals surface area contributed by atoms with Gasteiger partial charge in [-0.15, -0.1) is 0 Å². The lowest BCUT2D eigenvalue weighted by atomic mass is 9.73. The first-order valence-corrected chi connectivity index (χ1v) is 15.8. The highest BCUT2D eigenvalue weighted by Gasteiger charge is 2.59. The lowest BCUT2D eigenvalue weighted by Crippen LogP contribution is -2.49. The van der Waals surface area contributed by atoms with Crippen molar-refractivity contribution in [1.82, 2.24) is 9.88 Å². The first-order valence-electron chi connectivity index (χ1n) is 15.1. The van der Waals surface area contributed by atoms with Gasteiger partial charge in [-0.2, -0.15) is 0 Å². The minimum atomic E-state index is -1.01. The van der Waals surface area contributed by atoms with Crippen LogP contribution in [0.5, 0.6) is 5.88 Å². The van der Waals surface area contributed by atoms with Crippen LogP contribution in [0.3, 0.4) is 0 Å². The van der Waals surface area contributed by atoms with Crippen molar-refractivity contribution < 1.29 is 24.2 Å². The predicted octanol–water partition coefficient (Wildman–Crippen LogP) is 7.28. The number of nitrogens with zero attached hydrogens (tertiary/aromatic N) is 2. The van der Waals surface area contributed by atoms with Gasteiger partial charge in [0.15, 0.2) is 0 Å². The Kier molecular flexibility index (Phi) is 9.10. The van der Waals surface area contributed by atoms with Gasteiger partial charge in [-0.1, -0.05) is 80.6 Å². The molecule has 0 bridgehead atoms. The summed E-state index contributed by atoms with van der Waals surface area (Å²) >= 11 is 3.72. The number of amides is 1. The molecule has 4 atom stereocenters. The Bertz CT molecular complexity index is 1250. The van der Waals surface area contributed by atoms with E-state index in [4.69, 9.17) is 9.47 Å². The van der Waals surface area contributed by atoms with Crippen molar-refractivity contribution >= 4 is 27.8 Å². The maximum Gasteiger partial charge on any atom is 0.326 e. The van der Waals surface area contributed by atoms with Gasteiger partial charge in [0.05, 0.1) is 25.9 Å². The van der Waals surface area contributed by atoms with Crippen molar-refractivity contribution in [2.75, 3.05) is 7.11 Å². The first-order chi connectivity index (χ1) is 19.6. The number of carboxylic acids is 1. The number of carbonyl (C=O) groups excluding carboxylic acids is 1. The summed E-state index contributed by atoms with van der Waals surface area (Å²) in [6, 6.07) is 8.37. The molecule has 1 N–H and O–H groups in total. The lowest BCUT2D eigenvalue weighted by molar-refractivity contribution is -0.154. The number of hydrogen-bond donors (Lipinski definition) is 1.